The first-order valence-corrected chi connectivity index (χ1v) is 6.68. The van der Waals surface area contributed by atoms with Crippen molar-refractivity contribution in [3.05, 3.63) is 17.0 Å². The minimum absolute atomic E-state index is 0.0435. The fourth-order valence-electron chi connectivity index (χ4n) is 2.06. The van der Waals surface area contributed by atoms with Crippen LogP contribution in [0.25, 0.3) is 0 Å². The quantitative estimate of drug-likeness (QED) is 0.730. The van der Waals surface area contributed by atoms with Crippen molar-refractivity contribution in [3.8, 4) is 0 Å². The minimum Gasteiger partial charge on any atom is -0.396 e. The second-order valence-electron chi connectivity index (χ2n) is 5.88. The molecular weight excluding hydrogens is 226 g/mol. The Morgan fingerprint density at radius 2 is 2.00 bits per heavy atom. The molecule has 0 fully saturated rings. The van der Waals surface area contributed by atoms with Gasteiger partial charge in [-0.2, -0.15) is 5.10 Å². The number of rotatable bonds is 7. The summed E-state index contributed by atoms with van der Waals surface area (Å²) in [6, 6.07) is 0. The first-order valence-electron chi connectivity index (χ1n) is 6.68. The predicted octanol–water partition coefficient (Wildman–Crippen LogP) is 1.93. The highest BCUT2D eigenvalue weighted by molar-refractivity contribution is 5.23. The van der Waals surface area contributed by atoms with Crippen LogP contribution >= 0.6 is 0 Å². The van der Waals surface area contributed by atoms with Gasteiger partial charge in [-0.3, -0.25) is 4.68 Å². The maximum atomic E-state index is 9.17. The van der Waals surface area contributed by atoms with Gasteiger partial charge >= 0.3 is 0 Å². The predicted molar refractivity (Wildman–Crippen MR) is 74.5 cm³/mol. The van der Waals surface area contributed by atoms with E-state index in [0.29, 0.717) is 0 Å². The van der Waals surface area contributed by atoms with E-state index in [-0.39, 0.29) is 12.0 Å². The van der Waals surface area contributed by atoms with Crippen LogP contribution in [-0.4, -0.2) is 28.0 Å². The van der Waals surface area contributed by atoms with E-state index < -0.39 is 0 Å². The lowest BCUT2D eigenvalue weighted by Crippen LogP contribution is -2.21. The van der Waals surface area contributed by atoms with E-state index in [0.717, 1.165) is 31.6 Å². The average Bonchev–Trinajstić information content (AvgIpc) is 2.54. The molecule has 4 nitrogen and oxygen atoms in total. The van der Waals surface area contributed by atoms with Crippen molar-refractivity contribution < 1.29 is 5.11 Å². The Labute approximate surface area is 110 Å². The molecule has 0 radical (unpaired) electrons. The van der Waals surface area contributed by atoms with E-state index in [1.165, 1.54) is 11.3 Å². The molecular formula is C14H27N3O. The molecule has 0 aliphatic carbocycles. The van der Waals surface area contributed by atoms with Crippen LogP contribution in [0.2, 0.25) is 0 Å². The molecule has 0 amide bonds. The van der Waals surface area contributed by atoms with Gasteiger partial charge in [0.1, 0.15) is 0 Å². The first-order chi connectivity index (χ1) is 8.37. The molecule has 1 rings (SSSR count). The molecule has 1 aromatic heterocycles. The molecule has 1 aromatic rings. The molecule has 0 saturated heterocycles. The smallest absolute Gasteiger partial charge is 0.0641 e. The molecule has 0 spiro atoms. The second-order valence-corrected chi connectivity index (χ2v) is 5.88. The summed E-state index contributed by atoms with van der Waals surface area (Å²) in [5, 5.41) is 17.0. The molecule has 0 atom stereocenters. The van der Waals surface area contributed by atoms with Crippen LogP contribution in [0.1, 0.15) is 43.6 Å². The van der Waals surface area contributed by atoms with Gasteiger partial charge in [-0.15, -0.1) is 0 Å². The highest BCUT2D eigenvalue weighted by atomic mass is 16.3. The second kappa shape index (κ2) is 6.34. The number of aromatic nitrogens is 2. The van der Waals surface area contributed by atoms with Crippen molar-refractivity contribution >= 4 is 0 Å². The number of aliphatic hydroxyl groups excluding tert-OH is 1. The standard InChI is InChI=1S/C14H27N3O/c1-11-13(12(2)17(5)16-11)9-15-8-6-7-14(3,4)10-18/h15,18H,6-10H2,1-5H3. The van der Waals surface area contributed by atoms with Crippen molar-refractivity contribution in [1.29, 1.82) is 0 Å². The molecule has 4 heteroatoms. The summed E-state index contributed by atoms with van der Waals surface area (Å²) in [6.45, 7) is 10.5. The van der Waals surface area contributed by atoms with Crippen LogP contribution in [0.4, 0.5) is 0 Å². The van der Waals surface area contributed by atoms with Crippen LogP contribution in [0.3, 0.4) is 0 Å². The van der Waals surface area contributed by atoms with E-state index >= 15 is 0 Å². The number of nitrogens with zero attached hydrogens (tertiary/aromatic N) is 2. The Morgan fingerprint density at radius 1 is 1.33 bits per heavy atom. The van der Waals surface area contributed by atoms with Crippen molar-refractivity contribution in [3.63, 3.8) is 0 Å². The monoisotopic (exact) mass is 253 g/mol. The van der Waals surface area contributed by atoms with Crippen molar-refractivity contribution in [1.82, 2.24) is 15.1 Å². The van der Waals surface area contributed by atoms with Gasteiger partial charge in [0, 0.05) is 31.5 Å². The van der Waals surface area contributed by atoms with Gasteiger partial charge in [0.15, 0.2) is 0 Å². The number of hydrogen-bond donors (Lipinski definition) is 2. The summed E-state index contributed by atoms with van der Waals surface area (Å²) in [4.78, 5) is 0. The van der Waals surface area contributed by atoms with Gasteiger partial charge in [0.25, 0.3) is 0 Å². The topological polar surface area (TPSA) is 50.1 Å². The normalized spacial score (nSPS) is 12.1. The van der Waals surface area contributed by atoms with Crippen molar-refractivity contribution in [2.24, 2.45) is 12.5 Å². The Balaban J connectivity index is 2.30. The third-order valence-electron chi connectivity index (χ3n) is 3.60. The summed E-state index contributed by atoms with van der Waals surface area (Å²) >= 11 is 0. The third-order valence-corrected chi connectivity index (χ3v) is 3.60. The molecule has 0 bridgehead atoms. The van der Waals surface area contributed by atoms with Gasteiger partial charge in [-0.05, 0) is 38.6 Å². The van der Waals surface area contributed by atoms with Gasteiger partial charge < -0.3 is 10.4 Å². The largest absolute Gasteiger partial charge is 0.396 e. The molecule has 0 aliphatic heterocycles. The van der Waals surface area contributed by atoms with Crippen molar-refractivity contribution in [2.45, 2.75) is 47.1 Å². The third kappa shape index (κ3) is 4.10. The summed E-state index contributed by atoms with van der Waals surface area (Å²) in [5.74, 6) is 0. The van der Waals surface area contributed by atoms with Gasteiger partial charge in [-0.25, -0.2) is 0 Å². The lowest BCUT2D eigenvalue weighted by molar-refractivity contribution is 0.148. The zero-order valence-electron chi connectivity index (χ0n) is 12.4. The van der Waals surface area contributed by atoms with Crippen LogP contribution in [-0.2, 0) is 13.6 Å². The average molecular weight is 253 g/mol. The maximum absolute atomic E-state index is 9.17. The molecule has 18 heavy (non-hydrogen) atoms. The summed E-state index contributed by atoms with van der Waals surface area (Å²) in [5.41, 5.74) is 3.69. The molecule has 0 aromatic carbocycles. The summed E-state index contributed by atoms with van der Waals surface area (Å²) in [6.07, 6.45) is 2.13. The maximum Gasteiger partial charge on any atom is 0.0641 e. The summed E-state index contributed by atoms with van der Waals surface area (Å²) in [7, 11) is 1.98. The molecule has 1 heterocycles. The van der Waals surface area contributed by atoms with E-state index in [1.54, 1.807) is 0 Å². The highest BCUT2D eigenvalue weighted by Gasteiger charge is 2.15. The molecule has 2 N–H and O–H groups in total. The highest BCUT2D eigenvalue weighted by Crippen LogP contribution is 2.20. The van der Waals surface area contributed by atoms with Gasteiger partial charge in [0.05, 0.1) is 5.69 Å². The fraction of sp³-hybridized carbons (Fsp3) is 0.786. The van der Waals surface area contributed by atoms with Gasteiger partial charge in [0.2, 0.25) is 0 Å². The molecule has 0 unspecified atom stereocenters. The van der Waals surface area contributed by atoms with Crippen LogP contribution in [0.15, 0.2) is 0 Å². The number of aryl methyl sites for hydroxylation is 2. The SMILES string of the molecule is Cc1nn(C)c(C)c1CNCCCC(C)(C)CO. The zero-order valence-corrected chi connectivity index (χ0v) is 12.4. The Kier molecular flexibility index (Phi) is 5.35. The summed E-state index contributed by atoms with van der Waals surface area (Å²) < 4.78 is 1.93. The Hall–Kier alpha value is -0.870. The van der Waals surface area contributed by atoms with E-state index in [1.807, 2.05) is 11.7 Å². The Bertz CT molecular complexity index is 383. The van der Waals surface area contributed by atoms with Gasteiger partial charge in [-0.1, -0.05) is 13.8 Å². The Morgan fingerprint density at radius 3 is 2.50 bits per heavy atom. The number of nitrogens with one attached hydrogen (secondary N) is 1. The lowest BCUT2D eigenvalue weighted by atomic mass is 9.89. The molecule has 0 aliphatic rings. The fourth-order valence-corrected chi connectivity index (χ4v) is 2.06. The van der Waals surface area contributed by atoms with Crippen molar-refractivity contribution in [2.75, 3.05) is 13.2 Å². The lowest BCUT2D eigenvalue weighted by Gasteiger charge is -2.21. The number of aliphatic hydroxyl groups is 1. The first kappa shape index (κ1) is 15.2. The number of hydrogen-bond acceptors (Lipinski definition) is 3. The van der Waals surface area contributed by atoms with E-state index in [9.17, 15) is 5.11 Å². The van der Waals surface area contributed by atoms with E-state index in [2.05, 4.69) is 38.1 Å². The van der Waals surface area contributed by atoms with Crippen LogP contribution in [0, 0.1) is 19.3 Å². The molecule has 0 saturated carbocycles. The van der Waals surface area contributed by atoms with Crippen LogP contribution < -0.4 is 5.32 Å². The van der Waals surface area contributed by atoms with Crippen LogP contribution in [0.5, 0.6) is 0 Å². The molecule has 104 valence electrons. The van der Waals surface area contributed by atoms with E-state index in [4.69, 9.17) is 0 Å². The zero-order chi connectivity index (χ0) is 13.8. The minimum atomic E-state index is 0.0435.